The van der Waals surface area contributed by atoms with Gasteiger partial charge < -0.3 is 25.7 Å². The molecule has 1 amide bonds. The number of unbranched alkanes of at least 4 members (excludes halogenated alkanes) is 14. The highest BCUT2D eigenvalue weighted by Gasteiger charge is 2.28. The number of carbonyl (C=O) groups excluding carboxylic acids is 1. The molecule has 35 heavy (non-hydrogen) atoms. The summed E-state index contributed by atoms with van der Waals surface area (Å²) in [7, 11) is 0. The summed E-state index contributed by atoms with van der Waals surface area (Å²) in [5.41, 5.74) is 0. The first-order valence-corrected chi connectivity index (χ1v) is 14.6. The Balaban J connectivity index is 3.98. The lowest BCUT2D eigenvalue weighted by molar-refractivity contribution is -0.132. The van der Waals surface area contributed by atoms with Crippen LogP contribution in [0.2, 0.25) is 0 Å². The largest absolute Gasteiger partial charge is 0.394 e. The number of hydrogen-bond acceptors (Lipinski definition) is 5. The molecule has 0 aliphatic heterocycles. The number of rotatable bonds is 25. The molecule has 0 aromatic heterocycles. The van der Waals surface area contributed by atoms with Gasteiger partial charge in [-0.05, 0) is 32.1 Å². The average Bonchev–Trinajstić information content (AvgIpc) is 2.86. The molecule has 0 bridgehead atoms. The van der Waals surface area contributed by atoms with Crippen molar-refractivity contribution < 1.29 is 25.2 Å². The summed E-state index contributed by atoms with van der Waals surface area (Å²) in [6.45, 7) is 3.92. The van der Waals surface area contributed by atoms with Crippen molar-refractivity contribution in [2.75, 3.05) is 6.61 Å². The van der Waals surface area contributed by atoms with Crippen molar-refractivity contribution in [3.05, 3.63) is 12.2 Å². The highest BCUT2D eigenvalue weighted by Crippen LogP contribution is 2.14. The van der Waals surface area contributed by atoms with E-state index in [1.807, 2.05) is 0 Å². The van der Waals surface area contributed by atoms with Crippen LogP contribution in [-0.4, -0.2) is 57.3 Å². The summed E-state index contributed by atoms with van der Waals surface area (Å²) in [4.78, 5) is 12.3. The second kappa shape index (κ2) is 24.7. The summed E-state index contributed by atoms with van der Waals surface area (Å²) in [5, 5.41) is 42.9. The predicted molar refractivity (Wildman–Crippen MR) is 145 cm³/mol. The van der Waals surface area contributed by atoms with Gasteiger partial charge in [-0.2, -0.15) is 0 Å². The number of aliphatic hydroxyl groups is 4. The molecule has 0 fully saturated rings. The van der Waals surface area contributed by atoms with Gasteiger partial charge in [0, 0.05) is 0 Å². The van der Waals surface area contributed by atoms with Crippen molar-refractivity contribution in [3.63, 3.8) is 0 Å². The fraction of sp³-hybridized carbons (Fsp3) is 0.897. The normalized spacial score (nSPS) is 15.3. The van der Waals surface area contributed by atoms with Crippen molar-refractivity contribution in [1.82, 2.24) is 5.32 Å². The molecule has 6 nitrogen and oxygen atoms in total. The van der Waals surface area contributed by atoms with E-state index in [1.54, 1.807) is 0 Å². The van der Waals surface area contributed by atoms with E-state index in [4.69, 9.17) is 0 Å². The van der Waals surface area contributed by atoms with Gasteiger partial charge in [0.15, 0.2) is 0 Å². The second-order valence-corrected chi connectivity index (χ2v) is 10.1. The minimum absolute atomic E-state index is 0.348. The number of amides is 1. The standard InChI is InChI=1S/C29H57NO5/c1-3-5-7-9-11-13-15-16-18-20-22-26(32)28(34)25(24-31)30-29(35)27(33)23-21-19-17-14-12-10-8-6-4-2/h10,12,25-28,31-34H,3-9,11,13-24H2,1-2H3,(H,30,35)/b12-10-. The number of hydrogen-bond donors (Lipinski definition) is 5. The van der Waals surface area contributed by atoms with Crippen LogP contribution in [0.15, 0.2) is 12.2 Å². The van der Waals surface area contributed by atoms with Crippen LogP contribution in [0.1, 0.15) is 136 Å². The van der Waals surface area contributed by atoms with Gasteiger partial charge in [0.1, 0.15) is 12.2 Å². The van der Waals surface area contributed by atoms with Crippen LogP contribution in [0.4, 0.5) is 0 Å². The molecule has 5 N–H and O–H groups in total. The van der Waals surface area contributed by atoms with Gasteiger partial charge in [-0.3, -0.25) is 4.79 Å². The van der Waals surface area contributed by atoms with Crippen LogP contribution in [0.25, 0.3) is 0 Å². The number of allylic oxidation sites excluding steroid dienone is 2. The van der Waals surface area contributed by atoms with E-state index in [-0.39, 0.29) is 0 Å². The number of aliphatic hydroxyl groups excluding tert-OH is 4. The third kappa shape index (κ3) is 19.9. The third-order valence-electron chi connectivity index (χ3n) is 6.73. The minimum atomic E-state index is -1.26. The van der Waals surface area contributed by atoms with Crippen LogP contribution in [0, 0.1) is 0 Å². The van der Waals surface area contributed by atoms with E-state index in [0.717, 1.165) is 51.4 Å². The van der Waals surface area contributed by atoms with Crippen molar-refractivity contribution in [1.29, 1.82) is 0 Å². The van der Waals surface area contributed by atoms with Crippen molar-refractivity contribution >= 4 is 5.91 Å². The Morgan fingerprint density at radius 3 is 1.74 bits per heavy atom. The lowest BCUT2D eigenvalue weighted by Crippen LogP contribution is -2.53. The zero-order valence-corrected chi connectivity index (χ0v) is 22.8. The van der Waals surface area contributed by atoms with E-state index in [0.29, 0.717) is 12.8 Å². The van der Waals surface area contributed by atoms with Gasteiger partial charge in [-0.1, -0.05) is 116 Å². The summed E-state index contributed by atoms with van der Waals surface area (Å²) in [6.07, 6.45) is 21.0. The molecule has 4 atom stereocenters. The Morgan fingerprint density at radius 1 is 0.686 bits per heavy atom. The molecule has 0 spiro atoms. The molecule has 0 aliphatic rings. The summed E-state index contributed by atoms with van der Waals surface area (Å²) < 4.78 is 0. The lowest BCUT2D eigenvalue weighted by Gasteiger charge is -2.27. The van der Waals surface area contributed by atoms with Crippen LogP contribution >= 0.6 is 0 Å². The highest BCUT2D eigenvalue weighted by atomic mass is 16.3. The van der Waals surface area contributed by atoms with Crippen LogP contribution < -0.4 is 5.32 Å². The van der Waals surface area contributed by atoms with E-state index >= 15 is 0 Å². The van der Waals surface area contributed by atoms with E-state index in [9.17, 15) is 25.2 Å². The first-order valence-electron chi connectivity index (χ1n) is 14.6. The van der Waals surface area contributed by atoms with Crippen LogP contribution in [0.3, 0.4) is 0 Å². The van der Waals surface area contributed by atoms with E-state index in [1.165, 1.54) is 57.8 Å². The maximum absolute atomic E-state index is 12.3. The quantitative estimate of drug-likeness (QED) is 0.0835. The molecule has 0 radical (unpaired) electrons. The zero-order chi connectivity index (χ0) is 26.2. The molecular weight excluding hydrogens is 442 g/mol. The molecule has 6 heteroatoms. The molecule has 0 rings (SSSR count). The second-order valence-electron chi connectivity index (χ2n) is 10.1. The zero-order valence-electron chi connectivity index (χ0n) is 22.8. The molecular formula is C29H57NO5. The first kappa shape index (κ1) is 34.0. The summed E-state index contributed by atoms with van der Waals surface area (Å²) >= 11 is 0. The van der Waals surface area contributed by atoms with E-state index < -0.39 is 36.9 Å². The Bertz CT molecular complexity index is 499. The molecule has 0 saturated carbocycles. The van der Waals surface area contributed by atoms with Crippen molar-refractivity contribution in [2.45, 2.75) is 160 Å². The smallest absolute Gasteiger partial charge is 0.249 e. The van der Waals surface area contributed by atoms with Crippen LogP contribution in [-0.2, 0) is 4.79 Å². The molecule has 0 aliphatic carbocycles. The van der Waals surface area contributed by atoms with Crippen molar-refractivity contribution in [3.8, 4) is 0 Å². The predicted octanol–water partition coefficient (Wildman–Crippen LogP) is 5.55. The Kier molecular flexibility index (Phi) is 24.1. The number of carbonyl (C=O) groups is 1. The molecule has 208 valence electrons. The number of nitrogens with one attached hydrogen (secondary N) is 1. The molecule has 0 heterocycles. The topological polar surface area (TPSA) is 110 Å². The molecule has 0 saturated heterocycles. The minimum Gasteiger partial charge on any atom is -0.394 e. The van der Waals surface area contributed by atoms with E-state index in [2.05, 4.69) is 31.3 Å². The molecule has 4 unspecified atom stereocenters. The molecule has 0 aromatic carbocycles. The Hall–Kier alpha value is -0.950. The Labute approximate surface area is 215 Å². The van der Waals surface area contributed by atoms with Gasteiger partial charge in [-0.25, -0.2) is 0 Å². The summed E-state index contributed by atoms with van der Waals surface area (Å²) in [5.74, 6) is -0.603. The Morgan fingerprint density at radius 2 is 1.17 bits per heavy atom. The lowest BCUT2D eigenvalue weighted by atomic mass is 9.99. The first-order chi connectivity index (χ1) is 17.0. The fourth-order valence-corrected chi connectivity index (χ4v) is 4.26. The van der Waals surface area contributed by atoms with Gasteiger partial charge in [0.2, 0.25) is 5.91 Å². The monoisotopic (exact) mass is 499 g/mol. The maximum atomic E-state index is 12.3. The molecule has 0 aromatic rings. The third-order valence-corrected chi connectivity index (χ3v) is 6.73. The average molecular weight is 500 g/mol. The van der Waals surface area contributed by atoms with Gasteiger partial charge in [-0.15, -0.1) is 0 Å². The summed E-state index contributed by atoms with van der Waals surface area (Å²) in [6, 6.07) is -0.983. The fourth-order valence-electron chi connectivity index (χ4n) is 4.26. The van der Waals surface area contributed by atoms with Crippen molar-refractivity contribution in [2.24, 2.45) is 0 Å². The van der Waals surface area contributed by atoms with Gasteiger partial charge in [0.25, 0.3) is 0 Å². The van der Waals surface area contributed by atoms with Crippen LogP contribution in [0.5, 0.6) is 0 Å². The van der Waals surface area contributed by atoms with Gasteiger partial charge in [0.05, 0.1) is 18.8 Å². The maximum Gasteiger partial charge on any atom is 0.249 e. The SMILES string of the molecule is CCCC/C=C\CCCCCC(O)C(=O)NC(CO)C(O)C(O)CCCCCCCCCCCC. The van der Waals surface area contributed by atoms with Gasteiger partial charge >= 0.3 is 0 Å². The highest BCUT2D eigenvalue weighted by molar-refractivity contribution is 5.80.